The molecule has 0 bridgehead atoms. The molecule has 3 heterocycles. The summed E-state index contributed by atoms with van der Waals surface area (Å²) >= 11 is 0. The molecule has 7 heteroatoms. The third kappa shape index (κ3) is 5.44. The molecule has 6 aromatic rings. The molecule has 1 saturated heterocycles. The highest BCUT2D eigenvalue weighted by atomic mass is 16.2. The summed E-state index contributed by atoms with van der Waals surface area (Å²) in [6, 6.07) is 40.6. The number of piperazine rings is 1. The maximum absolute atomic E-state index is 14.1. The SMILES string of the molecule is Cc1nn(-c2ccccc2)c2nc(Cc3ccccc3)nc(N3CCN(C(=O)C(c4ccccc4)c4ccccc4)CC3)c12. The summed E-state index contributed by atoms with van der Waals surface area (Å²) in [4.78, 5) is 28.6. The monoisotopic (exact) mass is 578 g/mol. The number of carbonyl (C=O) groups excluding carboxylic acids is 1. The molecule has 2 aromatic heterocycles. The van der Waals surface area contributed by atoms with Crippen molar-refractivity contribution in [2.45, 2.75) is 19.3 Å². The van der Waals surface area contributed by atoms with Gasteiger partial charge in [0.25, 0.3) is 0 Å². The molecular weight excluding hydrogens is 544 g/mol. The quantitative estimate of drug-likeness (QED) is 0.226. The van der Waals surface area contributed by atoms with Gasteiger partial charge in [0.1, 0.15) is 11.6 Å². The third-order valence-corrected chi connectivity index (χ3v) is 8.34. The fourth-order valence-electron chi connectivity index (χ4n) is 6.13. The van der Waals surface area contributed by atoms with Gasteiger partial charge in [-0.3, -0.25) is 4.79 Å². The molecule has 0 aliphatic carbocycles. The van der Waals surface area contributed by atoms with Crippen LogP contribution in [0.3, 0.4) is 0 Å². The minimum Gasteiger partial charge on any atom is -0.352 e. The van der Waals surface area contributed by atoms with Crippen LogP contribution in [-0.4, -0.2) is 56.7 Å². The van der Waals surface area contributed by atoms with Crippen molar-refractivity contribution < 1.29 is 4.79 Å². The summed E-state index contributed by atoms with van der Waals surface area (Å²) < 4.78 is 1.93. The lowest BCUT2D eigenvalue weighted by molar-refractivity contribution is -0.132. The molecule has 7 rings (SSSR count). The van der Waals surface area contributed by atoms with Gasteiger partial charge in [0, 0.05) is 32.6 Å². The number of hydrogen-bond acceptors (Lipinski definition) is 5. The molecule has 0 N–H and O–H groups in total. The highest BCUT2D eigenvalue weighted by Gasteiger charge is 2.31. The summed E-state index contributed by atoms with van der Waals surface area (Å²) in [5.41, 5.74) is 5.83. The van der Waals surface area contributed by atoms with Crippen LogP contribution in [0.5, 0.6) is 0 Å². The second kappa shape index (κ2) is 12.1. The van der Waals surface area contributed by atoms with Crippen LogP contribution in [0.2, 0.25) is 0 Å². The molecule has 1 amide bonds. The molecule has 0 unspecified atom stereocenters. The van der Waals surface area contributed by atoms with Gasteiger partial charge in [-0.15, -0.1) is 0 Å². The maximum Gasteiger partial charge on any atom is 0.234 e. The van der Waals surface area contributed by atoms with Crippen LogP contribution in [0.15, 0.2) is 121 Å². The normalized spacial score (nSPS) is 13.5. The van der Waals surface area contributed by atoms with E-state index in [0.717, 1.165) is 50.7 Å². The summed E-state index contributed by atoms with van der Waals surface area (Å²) in [6.07, 6.45) is 0.622. The number of para-hydroxylation sites is 1. The first-order chi connectivity index (χ1) is 21.7. The smallest absolute Gasteiger partial charge is 0.234 e. The van der Waals surface area contributed by atoms with E-state index >= 15 is 0 Å². The van der Waals surface area contributed by atoms with E-state index in [4.69, 9.17) is 15.1 Å². The lowest BCUT2D eigenvalue weighted by Gasteiger charge is -2.37. The maximum atomic E-state index is 14.1. The summed E-state index contributed by atoms with van der Waals surface area (Å²) in [7, 11) is 0. The first-order valence-electron chi connectivity index (χ1n) is 15.1. The predicted molar refractivity (Wildman–Crippen MR) is 174 cm³/mol. The van der Waals surface area contributed by atoms with Crippen molar-refractivity contribution in [1.29, 1.82) is 0 Å². The Bertz CT molecular complexity index is 1830. The fourth-order valence-corrected chi connectivity index (χ4v) is 6.13. The number of fused-ring (bicyclic) bond motifs is 1. The standard InChI is InChI=1S/C37H34N6O/c1-27-33-35(38-32(26-28-14-6-2-7-15-28)39-36(33)43(40-27)31-20-12-5-13-21-31)41-22-24-42(25-23-41)37(44)34(29-16-8-3-9-17-29)30-18-10-4-11-19-30/h2-21,34H,22-26H2,1H3. The second-order valence-corrected chi connectivity index (χ2v) is 11.2. The van der Waals surface area contributed by atoms with Crippen LogP contribution in [0.25, 0.3) is 16.7 Å². The van der Waals surface area contributed by atoms with E-state index in [0.29, 0.717) is 32.6 Å². The van der Waals surface area contributed by atoms with E-state index in [-0.39, 0.29) is 11.8 Å². The Kier molecular flexibility index (Phi) is 7.59. The van der Waals surface area contributed by atoms with Crippen molar-refractivity contribution in [1.82, 2.24) is 24.6 Å². The van der Waals surface area contributed by atoms with E-state index in [1.165, 1.54) is 0 Å². The highest BCUT2D eigenvalue weighted by Crippen LogP contribution is 2.32. The van der Waals surface area contributed by atoms with Crippen molar-refractivity contribution >= 4 is 22.8 Å². The van der Waals surface area contributed by atoms with Crippen LogP contribution < -0.4 is 4.90 Å². The number of nitrogens with zero attached hydrogens (tertiary/aromatic N) is 6. The number of amides is 1. The van der Waals surface area contributed by atoms with Crippen LogP contribution in [-0.2, 0) is 11.2 Å². The van der Waals surface area contributed by atoms with Gasteiger partial charge in [-0.25, -0.2) is 14.6 Å². The Morgan fingerprint density at radius 2 is 1.25 bits per heavy atom. The zero-order valence-electron chi connectivity index (χ0n) is 24.8. The first kappa shape index (κ1) is 27.5. The molecule has 7 nitrogen and oxygen atoms in total. The number of hydrogen-bond donors (Lipinski definition) is 0. The van der Waals surface area contributed by atoms with E-state index in [9.17, 15) is 4.79 Å². The number of anilines is 1. The Balaban J connectivity index is 1.21. The minimum atomic E-state index is -0.335. The van der Waals surface area contributed by atoms with Crippen LogP contribution >= 0.6 is 0 Å². The summed E-state index contributed by atoms with van der Waals surface area (Å²) in [5.74, 6) is 1.43. The minimum absolute atomic E-state index is 0.132. The Hall–Kier alpha value is -5.30. The van der Waals surface area contributed by atoms with Gasteiger partial charge < -0.3 is 9.80 Å². The lowest BCUT2D eigenvalue weighted by atomic mass is 9.90. The average molecular weight is 579 g/mol. The molecule has 0 spiro atoms. The van der Waals surface area contributed by atoms with Crippen molar-refractivity contribution in [2.24, 2.45) is 0 Å². The Morgan fingerprint density at radius 1 is 0.705 bits per heavy atom. The number of aromatic nitrogens is 4. The van der Waals surface area contributed by atoms with Gasteiger partial charge in [0.15, 0.2) is 5.65 Å². The predicted octanol–water partition coefficient (Wildman–Crippen LogP) is 6.20. The topological polar surface area (TPSA) is 67.2 Å². The first-order valence-corrected chi connectivity index (χ1v) is 15.1. The number of aryl methyl sites for hydroxylation is 1. The van der Waals surface area contributed by atoms with Crippen LogP contribution in [0, 0.1) is 6.92 Å². The van der Waals surface area contributed by atoms with Crippen molar-refractivity contribution in [3.05, 3.63) is 150 Å². The lowest BCUT2D eigenvalue weighted by Crippen LogP contribution is -2.50. The Labute approximate surface area is 257 Å². The molecule has 0 saturated carbocycles. The van der Waals surface area contributed by atoms with Gasteiger partial charge in [0.05, 0.1) is 22.7 Å². The molecule has 1 aliphatic rings. The largest absolute Gasteiger partial charge is 0.352 e. The van der Waals surface area contributed by atoms with Gasteiger partial charge in [-0.05, 0) is 35.7 Å². The van der Waals surface area contributed by atoms with E-state index < -0.39 is 0 Å². The van der Waals surface area contributed by atoms with E-state index in [1.807, 2.05) is 126 Å². The molecule has 1 fully saturated rings. The molecule has 0 radical (unpaired) electrons. The second-order valence-electron chi connectivity index (χ2n) is 11.2. The molecular formula is C37H34N6O. The van der Waals surface area contributed by atoms with E-state index in [1.54, 1.807) is 0 Å². The van der Waals surface area contributed by atoms with Gasteiger partial charge >= 0.3 is 0 Å². The fraction of sp³-hybridized carbons (Fsp3) is 0.189. The Morgan fingerprint density at radius 3 is 1.84 bits per heavy atom. The van der Waals surface area contributed by atoms with Crippen molar-refractivity contribution in [3.8, 4) is 5.69 Å². The van der Waals surface area contributed by atoms with Crippen molar-refractivity contribution in [2.75, 3.05) is 31.1 Å². The highest BCUT2D eigenvalue weighted by molar-refractivity contribution is 5.91. The molecule has 4 aromatic carbocycles. The van der Waals surface area contributed by atoms with Crippen LogP contribution in [0.1, 0.15) is 34.1 Å². The van der Waals surface area contributed by atoms with Gasteiger partial charge in [0.2, 0.25) is 5.91 Å². The third-order valence-electron chi connectivity index (χ3n) is 8.34. The van der Waals surface area contributed by atoms with Gasteiger partial charge in [-0.1, -0.05) is 109 Å². The number of rotatable bonds is 7. The molecule has 1 aliphatic heterocycles. The summed E-state index contributed by atoms with van der Waals surface area (Å²) in [5, 5.41) is 5.88. The zero-order chi connectivity index (χ0) is 29.9. The zero-order valence-corrected chi connectivity index (χ0v) is 24.8. The average Bonchev–Trinajstić information content (AvgIpc) is 3.42. The van der Waals surface area contributed by atoms with Gasteiger partial charge in [-0.2, -0.15) is 5.10 Å². The molecule has 218 valence electrons. The number of carbonyl (C=O) groups is 1. The summed E-state index contributed by atoms with van der Waals surface area (Å²) in [6.45, 7) is 4.60. The van der Waals surface area contributed by atoms with Crippen LogP contribution in [0.4, 0.5) is 5.82 Å². The molecule has 0 atom stereocenters. The van der Waals surface area contributed by atoms with Crippen molar-refractivity contribution in [3.63, 3.8) is 0 Å². The number of benzene rings is 4. The van der Waals surface area contributed by atoms with E-state index in [2.05, 4.69) is 17.0 Å². The molecule has 44 heavy (non-hydrogen) atoms.